The number of hydrogen-bond donors (Lipinski definition) is 2. The maximum atomic E-state index is 12.4. The van der Waals surface area contributed by atoms with Gasteiger partial charge in [0, 0.05) is 16.8 Å². The van der Waals surface area contributed by atoms with Crippen LogP contribution in [0.25, 0.3) is 11.1 Å². The van der Waals surface area contributed by atoms with Crippen molar-refractivity contribution in [3.05, 3.63) is 83.9 Å². The number of hydrogen-bond acceptors (Lipinski definition) is 3. The van der Waals surface area contributed by atoms with E-state index in [2.05, 4.69) is 5.32 Å². The van der Waals surface area contributed by atoms with E-state index in [0.29, 0.717) is 16.7 Å². The Morgan fingerprint density at radius 1 is 0.885 bits per heavy atom. The average molecular weight is 366 g/mol. The van der Waals surface area contributed by atoms with E-state index in [0.717, 1.165) is 11.3 Å². The second-order valence-corrected chi connectivity index (χ2v) is 7.42. The molecule has 0 heterocycles. The summed E-state index contributed by atoms with van der Waals surface area (Å²) in [4.78, 5) is 12.5. The predicted octanol–water partition coefficient (Wildman–Crippen LogP) is 3.56. The molecule has 0 unspecified atom stereocenters. The molecule has 0 aromatic heterocycles. The van der Waals surface area contributed by atoms with Crippen molar-refractivity contribution < 1.29 is 13.2 Å². The monoisotopic (exact) mass is 366 g/mol. The summed E-state index contributed by atoms with van der Waals surface area (Å²) in [6, 6.07) is 20.7. The minimum absolute atomic E-state index is 0.0529. The highest BCUT2D eigenvalue weighted by Gasteiger charge is 2.15. The van der Waals surface area contributed by atoms with Gasteiger partial charge in [-0.05, 0) is 42.3 Å². The van der Waals surface area contributed by atoms with Crippen molar-refractivity contribution in [2.75, 3.05) is 5.32 Å². The lowest BCUT2D eigenvalue weighted by Gasteiger charge is -2.10. The number of benzene rings is 3. The van der Waals surface area contributed by atoms with E-state index < -0.39 is 10.0 Å². The molecule has 26 heavy (non-hydrogen) atoms. The number of aryl methyl sites for hydroxylation is 1. The van der Waals surface area contributed by atoms with Crippen LogP contribution < -0.4 is 10.5 Å². The van der Waals surface area contributed by atoms with Gasteiger partial charge in [-0.2, -0.15) is 0 Å². The Labute approximate surface area is 152 Å². The van der Waals surface area contributed by atoms with Gasteiger partial charge in [0.25, 0.3) is 5.91 Å². The van der Waals surface area contributed by atoms with Gasteiger partial charge in [0.05, 0.1) is 4.90 Å². The van der Waals surface area contributed by atoms with Crippen LogP contribution in [0, 0.1) is 6.92 Å². The first-order valence-corrected chi connectivity index (χ1v) is 9.50. The number of carbonyl (C=O) groups excluding carboxylic acids is 1. The molecule has 0 aliphatic rings. The Morgan fingerprint density at radius 2 is 1.50 bits per heavy atom. The van der Waals surface area contributed by atoms with Gasteiger partial charge < -0.3 is 5.32 Å². The summed E-state index contributed by atoms with van der Waals surface area (Å²) in [5.74, 6) is -0.231. The highest BCUT2D eigenvalue weighted by molar-refractivity contribution is 7.89. The molecule has 0 saturated carbocycles. The SMILES string of the molecule is Cc1ccccc1NC(=O)c1ccc(-c2ccccc2S(N)(=O)=O)cc1. The number of anilines is 1. The van der Waals surface area contributed by atoms with Crippen LogP contribution in [0.15, 0.2) is 77.7 Å². The summed E-state index contributed by atoms with van der Waals surface area (Å²) in [6.07, 6.45) is 0. The second-order valence-electron chi connectivity index (χ2n) is 5.89. The zero-order valence-corrected chi connectivity index (χ0v) is 15.0. The molecule has 5 nitrogen and oxygen atoms in total. The zero-order valence-electron chi connectivity index (χ0n) is 14.1. The van der Waals surface area contributed by atoms with Crippen molar-refractivity contribution in [2.45, 2.75) is 11.8 Å². The Kier molecular flexibility index (Phi) is 4.88. The van der Waals surface area contributed by atoms with Crippen LogP contribution in [0.3, 0.4) is 0 Å². The van der Waals surface area contributed by atoms with E-state index in [1.54, 1.807) is 42.5 Å². The lowest BCUT2D eigenvalue weighted by atomic mass is 10.0. The molecule has 6 heteroatoms. The van der Waals surface area contributed by atoms with Crippen LogP contribution in [0.2, 0.25) is 0 Å². The van der Waals surface area contributed by atoms with Crippen LogP contribution in [0.4, 0.5) is 5.69 Å². The first-order valence-electron chi connectivity index (χ1n) is 7.95. The van der Waals surface area contributed by atoms with Gasteiger partial charge in [-0.1, -0.05) is 48.5 Å². The van der Waals surface area contributed by atoms with Gasteiger partial charge in [-0.3, -0.25) is 4.79 Å². The molecule has 132 valence electrons. The minimum atomic E-state index is -3.83. The zero-order chi connectivity index (χ0) is 18.7. The molecule has 3 rings (SSSR count). The summed E-state index contributed by atoms with van der Waals surface area (Å²) >= 11 is 0. The summed E-state index contributed by atoms with van der Waals surface area (Å²) < 4.78 is 23.5. The number of para-hydroxylation sites is 1. The van der Waals surface area contributed by atoms with Crippen LogP contribution >= 0.6 is 0 Å². The molecule has 0 spiro atoms. The Balaban J connectivity index is 1.88. The van der Waals surface area contributed by atoms with Crippen LogP contribution in [-0.4, -0.2) is 14.3 Å². The number of sulfonamides is 1. The van der Waals surface area contributed by atoms with Crippen molar-refractivity contribution in [1.82, 2.24) is 0 Å². The maximum absolute atomic E-state index is 12.4. The van der Waals surface area contributed by atoms with Gasteiger partial charge in [0.2, 0.25) is 10.0 Å². The Hall–Kier alpha value is -2.96. The molecule has 0 aliphatic heterocycles. The van der Waals surface area contributed by atoms with E-state index in [1.807, 2.05) is 31.2 Å². The molecule has 3 aromatic rings. The molecule has 3 aromatic carbocycles. The standard InChI is InChI=1S/C20H18N2O3S/c1-14-6-2-4-8-18(14)22-20(23)16-12-10-15(11-13-16)17-7-3-5-9-19(17)26(21,24)25/h2-13H,1H3,(H,22,23)(H2,21,24,25). The predicted molar refractivity (Wildman–Crippen MR) is 102 cm³/mol. The lowest BCUT2D eigenvalue weighted by molar-refractivity contribution is 0.102. The topological polar surface area (TPSA) is 89.3 Å². The van der Waals surface area contributed by atoms with Crippen LogP contribution in [0.1, 0.15) is 15.9 Å². The van der Waals surface area contributed by atoms with Crippen LogP contribution in [0.5, 0.6) is 0 Å². The number of carbonyl (C=O) groups is 1. The summed E-state index contributed by atoms with van der Waals surface area (Å²) in [5, 5.41) is 8.15. The lowest BCUT2D eigenvalue weighted by Crippen LogP contribution is -2.13. The molecule has 0 saturated heterocycles. The fourth-order valence-electron chi connectivity index (χ4n) is 2.66. The Bertz CT molecular complexity index is 1060. The first-order chi connectivity index (χ1) is 12.4. The summed E-state index contributed by atoms with van der Waals surface area (Å²) in [6.45, 7) is 1.92. The fourth-order valence-corrected chi connectivity index (χ4v) is 3.42. The molecule has 0 fully saturated rings. The fraction of sp³-hybridized carbons (Fsp3) is 0.0500. The van der Waals surface area contributed by atoms with Crippen molar-refractivity contribution in [1.29, 1.82) is 0 Å². The first kappa shape index (κ1) is 17.8. The molecule has 1 amide bonds. The molecular formula is C20H18N2O3S. The third-order valence-electron chi connectivity index (χ3n) is 4.04. The van der Waals surface area contributed by atoms with Gasteiger partial charge in [-0.25, -0.2) is 13.6 Å². The summed E-state index contributed by atoms with van der Waals surface area (Å²) in [5.41, 5.74) is 3.37. The molecule has 0 bridgehead atoms. The van der Waals surface area contributed by atoms with Gasteiger partial charge in [0.15, 0.2) is 0 Å². The van der Waals surface area contributed by atoms with E-state index in [4.69, 9.17) is 5.14 Å². The third kappa shape index (κ3) is 3.82. The molecule has 3 N–H and O–H groups in total. The number of nitrogens with two attached hydrogens (primary N) is 1. The maximum Gasteiger partial charge on any atom is 0.255 e. The molecule has 0 aliphatic carbocycles. The number of amides is 1. The highest BCUT2D eigenvalue weighted by Crippen LogP contribution is 2.27. The molecular weight excluding hydrogens is 348 g/mol. The number of rotatable bonds is 4. The summed E-state index contributed by atoms with van der Waals surface area (Å²) in [7, 11) is -3.83. The van der Waals surface area contributed by atoms with Crippen molar-refractivity contribution in [3.63, 3.8) is 0 Å². The molecule has 0 atom stereocenters. The van der Waals surface area contributed by atoms with E-state index >= 15 is 0 Å². The minimum Gasteiger partial charge on any atom is -0.322 e. The third-order valence-corrected chi connectivity index (χ3v) is 5.01. The quantitative estimate of drug-likeness (QED) is 0.740. The van der Waals surface area contributed by atoms with E-state index in [-0.39, 0.29) is 10.8 Å². The molecule has 0 radical (unpaired) electrons. The van der Waals surface area contributed by atoms with Crippen LogP contribution in [-0.2, 0) is 10.0 Å². The highest BCUT2D eigenvalue weighted by atomic mass is 32.2. The largest absolute Gasteiger partial charge is 0.322 e. The second kappa shape index (κ2) is 7.11. The van der Waals surface area contributed by atoms with Crippen molar-refractivity contribution >= 4 is 21.6 Å². The Morgan fingerprint density at radius 3 is 2.15 bits per heavy atom. The number of primary sulfonamides is 1. The normalized spacial score (nSPS) is 11.2. The number of nitrogens with one attached hydrogen (secondary N) is 1. The van der Waals surface area contributed by atoms with E-state index in [9.17, 15) is 13.2 Å². The average Bonchev–Trinajstić information content (AvgIpc) is 2.63. The van der Waals surface area contributed by atoms with Crippen molar-refractivity contribution in [3.8, 4) is 11.1 Å². The van der Waals surface area contributed by atoms with Gasteiger partial charge in [0.1, 0.15) is 0 Å². The van der Waals surface area contributed by atoms with E-state index in [1.165, 1.54) is 6.07 Å². The van der Waals surface area contributed by atoms with Crippen molar-refractivity contribution in [2.24, 2.45) is 5.14 Å². The van der Waals surface area contributed by atoms with Gasteiger partial charge >= 0.3 is 0 Å². The smallest absolute Gasteiger partial charge is 0.255 e. The van der Waals surface area contributed by atoms with Gasteiger partial charge in [-0.15, -0.1) is 0 Å².